The number of hydrogen-bond acceptors (Lipinski definition) is 2. The molecule has 0 heterocycles. The van der Waals surface area contributed by atoms with Crippen molar-refractivity contribution in [3.05, 3.63) is 0 Å². The van der Waals surface area contributed by atoms with Crippen LogP contribution in [0, 0.1) is 17.8 Å². The first-order valence-electron chi connectivity index (χ1n) is 7.91. The van der Waals surface area contributed by atoms with Gasteiger partial charge in [0.25, 0.3) is 0 Å². The molecular weight excluding hydrogens is 349 g/mol. The fourth-order valence-corrected chi connectivity index (χ4v) is 3.62. The van der Waals surface area contributed by atoms with Gasteiger partial charge >= 0.3 is 0 Å². The molecule has 116 valence electrons. The minimum Gasteiger partial charge on any atom is -0.292 e. The summed E-state index contributed by atoms with van der Waals surface area (Å²) in [5.41, 5.74) is 0. The van der Waals surface area contributed by atoms with E-state index in [2.05, 4.69) is 57.5 Å². The van der Waals surface area contributed by atoms with Crippen molar-refractivity contribution in [3.63, 3.8) is 0 Å². The minimum absolute atomic E-state index is 0.553. The predicted molar refractivity (Wildman–Crippen MR) is 93.2 cm³/mol. The summed E-state index contributed by atoms with van der Waals surface area (Å²) in [5, 5.41) is 0. The van der Waals surface area contributed by atoms with Crippen LogP contribution in [-0.2, 0) is 4.84 Å². The number of hydrogen-bond donors (Lipinski definition) is 0. The van der Waals surface area contributed by atoms with Crippen LogP contribution in [0.4, 0.5) is 0 Å². The zero-order chi connectivity index (χ0) is 14.8. The maximum absolute atomic E-state index is 5.42. The van der Waals surface area contributed by atoms with Gasteiger partial charge in [0, 0.05) is 28.9 Å². The van der Waals surface area contributed by atoms with E-state index in [1.165, 1.54) is 38.5 Å². The van der Waals surface area contributed by atoms with Crippen molar-refractivity contribution in [3.8, 4) is 0 Å². The quantitative estimate of drug-likeness (QED) is 0.252. The first-order valence-corrected chi connectivity index (χ1v) is 8.87. The lowest BCUT2D eigenvalue weighted by Gasteiger charge is -2.30. The Morgan fingerprint density at radius 3 is 2.16 bits per heavy atom. The van der Waals surface area contributed by atoms with Crippen molar-refractivity contribution in [1.29, 1.82) is 0 Å². The fourth-order valence-electron chi connectivity index (χ4n) is 2.80. The Morgan fingerprint density at radius 2 is 1.68 bits per heavy atom. The minimum atomic E-state index is 0.553. The smallest absolute Gasteiger partial charge is 0.0584 e. The Bertz CT molecular complexity index is 211. The van der Waals surface area contributed by atoms with Crippen LogP contribution in [0.5, 0.6) is 0 Å². The Labute approximate surface area is 135 Å². The van der Waals surface area contributed by atoms with Crippen molar-refractivity contribution in [2.75, 3.05) is 7.11 Å². The number of rotatable bonds is 11. The molecule has 0 aromatic carbocycles. The van der Waals surface area contributed by atoms with Gasteiger partial charge in [-0.25, -0.2) is 0 Å². The summed E-state index contributed by atoms with van der Waals surface area (Å²) < 4.78 is 2.03. The van der Waals surface area contributed by atoms with Gasteiger partial charge in [-0.2, -0.15) is 0 Å². The Balaban J connectivity index is 4.19. The summed E-state index contributed by atoms with van der Waals surface area (Å²) >= 11 is 2.31. The molecule has 0 radical (unpaired) electrons. The molecule has 19 heavy (non-hydrogen) atoms. The molecule has 3 atom stereocenters. The third kappa shape index (κ3) is 9.24. The molecule has 0 N–H and O–H groups in total. The number of unbranched alkanes of at least 4 members (excludes halogenated alkanes) is 1. The van der Waals surface area contributed by atoms with Gasteiger partial charge in [0.1, 0.15) is 0 Å². The van der Waals surface area contributed by atoms with E-state index in [1.807, 2.05) is 3.28 Å². The maximum atomic E-state index is 5.42. The van der Waals surface area contributed by atoms with E-state index in [0.29, 0.717) is 12.0 Å². The van der Waals surface area contributed by atoms with Gasteiger partial charge in [-0.15, -0.1) is 3.28 Å². The van der Waals surface area contributed by atoms with Crippen molar-refractivity contribution in [2.45, 2.75) is 79.2 Å². The Hall–Kier alpha value is 0.650. The third-order valence-corrected chi connectivity index (χ3v) is 5.04. The molecule has 0 fully saturated rings. The van der Waals surface area contributed by atoms with Crippen LogP contribution in [0.3, 0.4) is 0 Å². The molecule has 0 spiro atoms. The summed E-state index contributed by atoms with van der Waals surface area (Å²) in [5.74, 6) is 2.37. The molecule has 0 aromatic heterocycles. The average Bonchev–Trinajstić information content (AvgIpc) is 2.35. The molecule has 0 rings (SSSR count). The number of halogens is 1. The van der Waals surface area contributed by atoms with E-state index in [-0.39, 0.29) is 0 Å². The SMILES string of the molecule is CCCC[C@H](C(C)CCC(C)CC(C)C)N(I)OC. The molecule has 3 heteroatoms. The summed E-state index contributed by atoms with van der Waals surface area (Å²) in [4.78, 5) is 5.42. The Kier molecular flexibility index (Phi) is 11.7. The first kappa shape index (κ1) is 19.7. The largest absolute Gasteiger partial charge is 0.292 e. The van der Waals surface area contributed by atoms with Crippen LogP contribution in [0.1, 0.15) is 73.1 Å². The van der Waals surface area contributed by atoms with Gasteiger partial charge < -0.3 is 0 Å². The van der Waals surface area contributed by atoms with Crippen LogP contribution in [-0.4, -0.2) is 16.4 Å². The lowest BCUT2D eigenvalue weighted by molar-refractivity contribution is -0.0678. The molecule has 0 saturated heterocycles. The molecule has 2 unspecified atom stereocenters. The van der Waals surface area contributed by atoms with Gasteiger partial charge in [0.15, 0.2) is 0 Å². The maximum Gasteiger partial charge on any atom is 0.0584 e. The molecular formula is C16H34INO. The van der Waals surface area contributed by atoms with E-state index in [1.54, 1.807) is 7.11 Å². The zero-order valence-electron chi connectivity index (χ0n) is 13.8. The second kappa shape index (κ2) is 11.3. The topological polar surface area (TPSA) is 12.5 Å². The van der Waals surface area contributed by atoms with E-state index in [4.69, 9.17) is 4.84 Å². The van der Waals surface area contributed by atoms with Crippen LogP contribution >= 0.6 is 22.9 Å². The van der Waals surface area contributed by atoms with Crippen LogP contribution in [0.2, 0.25) is 0 Å². The molecule has 0 aliphatic rings. The molecule has 0 aliphatic heterocycles. The van der Waals surface area contributed by atoms with E-state index in [0.717, 1.165) is 11.8 Å². The second-order valence-corrected chi connectivity index (χ2v) is 7.40. The van der Waals surface area contributed by atoms with Crippen LogP contribution in [0.25, 0.3) is 0 Å². The average molecular weight is 383 g/mol. The summed E-state index contributed by atoms with van der Waals surface area (Å²) in [7, 11) is 1.78. The highest BCUT2D eigenvalue weighted by Crippen LogP contribution is 2.27. The van der Waals surface area contributed by atoms with Gasteiger partial charge in [0.2, 0.25) is 0 Å². The predicted octanol–water partition coefficient (Wildman–Crippen LogP) is 5.86. The van der Waals surface area contributed by atoms with E-state index >= 15 is 0 Å². The molecule has 0 aliphatic carbocycles. The van der Waals surface area contributed by atoms with Crippen LogP contribution in [0.15, 0.2) is 0 Å². The summed E-state index contributed by atoms with van der Waals surface area (Å²) in [6, 6.07) is 0.553. The summed E-state index contributed by atoms with van der Waals surface area (Å²) in [6.45, 7) is 11.7. The van der Waals surface area contributed by atoms with Gasteiger partial charge in [-0.1, -0.05) is 53.9 Å². The first-order chi connectivity index (χ1) is 8.92. The monoisotopic (exact) mass is 383 g/mol. The van der Waals surface area contributed by atoms with Crippen LogP contribution < -0.4 is 0 Å². The van der Waals surface area contributed by atoms with Crippen molar-refractivity contribution >= 4 is 22.9 Å². The molecule has 0 aromatic rings. The van der Waals surface area contributed by atoms with E-state index in [9.17, 15) is 0 Å². The normalized spacial score (nSPS) is 16.9. The Morgan fingerprint density at radius 1 is 1.05 bits per heavy atom. The van der Waals surface area contributed by atoms with Gasteiger partial charge in [-0.3, -0.25) is 4.84 Å². The lowest BCUT2D eigenvalue weighted by atomic mass is 9.87. The molecule has 2 nitrogen and oxygen atoms in total. The fraction of sp³-hybridized carbons (Fsp3) is 1.00. The standard InChI is InChI=1S/C16H34INO/c1-7-8-9-16(18(17)19-6)15(5)11-10-14(4)12-13(2)3/h13-16H,7-12H2,1-6H3/t14?,15?,16-/m1/s1. The lowest BCUT2D eigenvalue weighted by Crippen LogP contribution is -2.32. The second-order valence-electron chi connectivity index (χ2n) is 6.45. The molecule has 0 saturated carbocycles. The third-order valence-electron chi connectivity index (χ3n) is 3.93. The van der Waals surface area contributed by atoms with E-state index < -0.39 is 0 Å². The van der Waals surface area contributed by atoms with Crippen molar-refractivity contribution < 1.29 is 4.84 Å². The summed E-state index contributed by atoms with van der Waals surface area (Å²) in [6.07, 6.45) is 7.81. The van der Waals surface area contributed by atoms with Crippen molar-refractivity contribution in [2.24, 2.45) is 17.8 Å². The highest BCUT2D eigenvalue weighted by molar-refractivity contribution is 14.1. The molecule has 0 amide bonds. The molecule has 0 bridgehead atoms. The van der Waals surface area contributed by atoms with Crippen molar-refractivity contribution in [1.82, 2.24) is 3.28 Å². The van der Waals surface area contributed by atoms with Gasteiger partial charge in [-0.05, 0) is 37.0 Å². The number of nitrogens with zero attached hydrogens (tertiary/aromatic N) is 1. The zero-order valence-corrected chi connectivity index (χ0v) is 15.9. The number of hydroxylamine groups is 1. The highest BCUT2D eigenvalue weighted by Gasteiger charge is 2.23. The van der Waals surface area contributed by atoms with Gasteiger partial charge in [0.05, 0.1) is 7.11 Å². The highest BCUT2D eigenvalue weighted by atomic mass is 127.